The van der Waals surface area contributed by atoms with Crippen molar-refractivity contribution in [1.82, 2.24) is 0 Å². The summed E-state index contributed by atoms with van der Waals surface area (Å²) in [6.45, 7) is 2.42. The molecule has 6 heteroatoms. The topological polar surface area (TPSA) is 87.6 Å². The van der Waals surface area contributed by atoms with Gasteiger partial charge in [0.05, 0.1) is 17.2 Å². The zero-order valence-corrected chi connectivity index (χ0v) is 12.2. The lowest BCUT2D eigenvalue weighted by atomic mass is 10.1. The van der Waals surface area contributed by atoms with Crippen LogP contribution in [0.1, 0.15) is 17.3 Å². The predicted molar refractivity (Wildman–Crippen MR) is 82.1 cm³/mol. The second kappa shape index (κ2) is 6.37. The largest absolute Gasteiger partial charge is 0.494 e. The van der Waals surface area contributed by atoms with Crippen LogP contribution in [-0.4, -0.2) is 12.5 Å². The van der Waals surface area contributed by atoms with Crippen LogP contribution in [0.3, 0.4) is 0 Å². The molecule has 0 aliphatic heterocycles. The molecule has 0 saturated heterocycles. The van der Waals surface area contributed by atoms with Crippen molar-refractivity contribution in [3.05, 3.63) is 47.0 Å². The standard InChI is InChI=1S/C15H15ClN2O3/c1-2-20-10-4-3-5-11(8-10)21-14-12(15(18)19)6-9(17)7-13(14)16/h3-8H,2,17H2,1H3,(H2,18,19). The van der Waals surface area contributed by atoms with Crippen LogP contribution in [0.15, 0.2) is 36.4 Å². The first-order valence-electron chi connectivity index (χ1n) is 6.30. The molecule has 110 valence electrons. The average molecular weight is 307 g/mol. The summed E-state index contributed by atoms with van der Waals surface area (Å²) in [6.07, 6.45) is 0. The van der Waals surface area contributed by atoms with Crippen molar-refractivity contribution >= 4 is 23.2 Å². The van der Waals surface area contributed by atoms with Gasteiger partial charge in [0.2, 0.25) is 0 Å². The molecule has 0 aliphatic rings. The number of amides is 1. The molecule has 0 unspecified atom stereocenters. The Labute approximate surface area is 127 Å². The first-order valence-corrected chi connectivity index (χ1v) is 6.68. The van der Waals surface area contributed by atoms with Gasteiger partial charge in [0.1, 0.15) is 11.5 Å². The summed E-state index contributed by atoms with van der Waals surface area (Å²) < 4.78 is 11.1. The summed E-state index contributed by atoms with van der Waals surface area (Å²) in [5.74, 6) is 0.643. The Bertz CT molecular complexity index is 674. The van der Waals surface area contributed by atoms with Crippen LogP contribution in [-0.2, 0) is 0 Å². The van der Waals surface area contributed by atoms with Crippen LogP contribution < -0.4 is 20.9 Å². The third kappa shape index (κ3) is 3.58. The van der Waals surface area contributed by atoms with E-state index in [1.807, 2.05) is 6.92 Å². The minimum atomic E-state index is -0.667. The third-order valence-electron chi connectivity index (χ3n) is 2.67. The molecule has 0 saturated carbocycles. The van der Waals surface area contributed by atoms with Gasteiger partial charge in [-0.15, -0.1) is 0 Å². The van der Waals surface area contributed by atoms with Crippen LogP contribution in [0.4, 0.5) is 5.69 Å². The van der Waals surface area contributed by atoms with Crippen molar-refractivity contribution in [3.63, 3.8) is 0 Å². The highest BCUT2D eigenvalue weighted by molar-refractivity contribution is 6.33. The Balaban J connectivity index is 2.39. The lowest BCUT2D eigenvalue weighted by Crippen LogP contribution is -2.13. The minimum absolute atomic E-state index is 0.127. The smallest absolute Gasteiger partial charge is 0.252 e. The predicted octanol–water partition coefficient (Wildman–Crippen LogP) is 3.21. The Morgan fingerprint density at radius 1 is 1.24 bits per heavy atom. The molecule has 1 amide bonds. The van der Waals surface area contributed by atoms with E-state index in [2.05, 4.69) is 0 Å². The molecule has 0 fully saturated rings. The molecule has 5 nitrogen and oxygen atoms in total. The molecule has 0 atom stereocenters. The lowest BCUT2D eigenvalue weighted by Gasteiger charge is -2.13. The van der Waals surface area contributed by atoms with E-state index in [0.717, 1.165) is 0 Å². The van der Waals surface area contributed by atoms with Gasteiger partial charge >= 0.3 is 0 Å². The second-order valence-corrected chi connectivity index (χ2v) is 4.66. The van der Waals surface area contributed by atoms with Crippen molar-refractivity contribution in [2.24, 2.45) is 5.73 Å². The third-order valence-corrected chi connectivity index (χ3v) is 2.95. The average Bonchev–Trinajstić information content (AvgIpc) is 2.42. The molecular weight excluding hydrogens is 292 g/mol. The number of ether oxygens (including phenoxy) is 2. The number of hydrogen-bond acceptors (Lipinski definition) is 4. The van der Waals surface area contributed by atoms with Crippen molar-refractivity contribution in [1.29, 1.82) is 0 Å². The van der Waals surface area contributed by atoms with Gasteiger partial charge < -0.3 is 20.9 Å². The maximum absolute atomic E-state index is 11.5. The van der Waals surface area contributed by atoms with Crippen LogP contribution in [0.25, 0.3) is 0 Å². The summed E-state index contributed by atoms with van der Waals surface area (Å²) in [7, 11) is 0. The number of nitrogens with two attached hydrogens (primary N) is 2. The van der Waals surface area contributed by atoms with E-state index >= 15 is 0 Å². The van der Waals surface area contributed by atoms with E-state index in [1.165, 1.54) is 12.1 Å². The van der Waals surface area contributed by atoms with Gasteiger partial charge in [-0.1, -0.05) is 17.7 Å². The van der Waals surface area contributed by atoms with Crippen LogP contribution in [0.2, 0.25) is 5.02 Å². The molecule has 2 rings (SSSR count). The summed E-state index contributed by atoms with van der Waals surface area (Å²) in [5.41, 5.74) is 11.4. The van der Waals surface area contributed by atoms with Gasteiger partial charge in [0.15, 0.2) is 5.75 Å². The van der Waals surface area contributed by atoms with Crippen molar-refractivity contribution < 1.29 is 14.3 Å². The zero-order chi connectivity index (χ0) is 15.4. The van der Waals surface area contributed by atoms with E-state index < -0.39 is 5.91 Å². The van der Waals surface area contributed by atoms with Crippen LogP contribution in [0.5, 0.6) is 17.2 Å². The van der Waals surface area contributed by atoms with Gasteiger partial charge in [0.25, 0.3) is 5.91 Å². The molecule has 0 radical (unpaired) electrons. The summed E-state index contributed by atoms with van der Waals surface area (Å²) >= 11 is 6.09. The van der Waals surface area contributed by atoms with E-state index in [4.69, 9.17) is 32.5 Å². The Morgan fingerprint density at radius 2 is 1.95 bits per heavy atom. The Kier molecular flexibility index (Phi) is 4.55. The number of benzene rings is 2. The molecule has 2 aromatic rings. The number of primary amides is 1. The highest BCUT2D eigenvalue weighted by Gasteiger charge is 2.16. The molecule has 4 N–H and O–H groups in total. The molecule has 0 aliphatic carbocycles. The van der Waals surface area contributed by atoms with E-state index in [-0.39, 0.29) is 16.3 Å². The number of carbonyl (C=O) groups excluding carboxylic acids is 1. The fourth-order valence-electron chi connectivity index (χ4n) is 1.81. The number of rotatable bonds is 5. The summed E-state index contributed by atoms with van der Waals surface area (Å²) in [5, 5.41) is 0.214. The molecule has 0 heterocycles. The second-order valence-electron chi connectivity index (χ2n) is 4.25. The normalized spacial score (nSPS) is 10.2. The lowest BCUT2D eigenvalue weighted by molar-refractivity contribution is 0.0998. The number of nitrogen functional groups attached to an aromatic ring is 1. The monoisotopic (exact) mass is 306 g/mol. The van der Waals surface area contributed by atoms with E-state index in [1.54, 1.807) is 24.3 Å². The summed E-state index contributed by atoms with van der Waals surface area (Å²) in [6, 6.07) is 9.91. The first-order chi connectivity index (χ1) is 10.0. The summed E-state index contributed by atoms with van der Waals surface area (Å²) in [4.78, 5) is 11.5. The van der Waals surface area contributed by atoms with E-state index in [9.17, 15) is 4.79 Å². The SMILES string of the molecule is CCOc1cccc(Oc2c(Cl)cc(N)cc2C(N)=O)c1. The fourth-order valence-corrected chi connectivity index (χ4v) is 2.08. The van der Waals surface area contributed by atoms with Gasteiger partial charge in [-0.3, -0.25) is 4.79 Å². The Morgan fingerprint density at radius 3 is 2.62 bits per heavy atom. The van der Waals surface area contributed by atoms with Crippen LogP contribution >= 0.6 is 11.6 Å². The molecule has 0 aromatic heterocycles. The van der Waals surface area contributed by atoms with Gasteiger partial charge in [-0.05, 0) is 31.2 Å². The maximum atomic E-state index is 11.5. The van der Waals surface area contributed by atoms with E-state index in [0.29, 0.717) is 23.8 Å². The maximum Gasteiger partial charge on any atom is 0.252 e. The highest BCUT2D eigenvalue weighted by atomic mass is 35.5. The van der Waals surface area contributed by atoms with Crippen molar-refractivity contribution in [2.75, 3.05) is 12.3 Å². The van der Waals surface area contributed by atoms with Crippen LogP contribution in [0, 0.1) is 0 Å². The quantitative estimate of drug-likeness (QED) is 0.830. The zero-order valence-electron chi connectivity index (χ0n) is 11.4. The molecule has 0 bridgehead atoms. The highest BCUT2D eigenvalue weighted by Crippen LogP contribution is 2.35. The molecule has 21 heavy (non-hydrogen) atoms. The van der Waals surface area contributed by atoms with Gasteiger partial charge in [-0.25, -0.2) is 0 Å². The number of carbonyl (C=O) groups is 1. The molecular formula is C15H15ClN2O3. The first kappa shape index (κ1) is 15.0. The molecule has 2 aromatic carbocycles. The Hall–Kier alpha value is -2.40. The van der Waals surface area contributed by atoms with Gasteiger partial charge in [-0.2, -0.15) is 0 Å². The fraction of sp³-hybridized carbons (Fsp3) is 0.133. The van der Waals surface area contributed by atoms with Gasteiger partial charge in [0, 0.05) is 11.8 Å². The van der Waals surface area contributed by atoms with Crippen molar-refractivity contribution in [2.45, 2.75) is 6.92 Å². The van der Waals surface area contributed by atoms with Crippen molar-refractivity contribution in [3.8, 4) is 17.2 Å². The molecule has 0 spiro atoms. The number of hydrogen-bond donors (Lipinski definition) is 2. The minimum Gasteiger partial charge on any atom is -0.494 e. The number of halogens is 1. The number of anilines is 1.